The van der Waals surface area contributed by atoms with Crippen LogP contribution >= 0.6 is 0 Å². The summed E-state index contributed by atoms with van der Waals surface area (Å²) in [7, 11) is 0. The lowest BCUT2D eigenvalue weighted by molar-refractivity contribution is -0.121. The van der Waals surface area contributed by atoms with Crippen LogP contribution in [0, 0.1) is 0 Å². The summed E-state index contributed by atoms with van der Waals surface area (Å²) < 4.78 is 5.24. The highest BCUT2D eigenvalue weighted by molar-refractivity contribution is 5.78. The van der Waals surface area contributed by atoms with E-state index in [1.54, 1.807) is 6.26 Å². The molecule has 1 aromatic rings. The van der Waals surface area contributed by atoms with E-state index in [0.29, 0.717) is 6.54 Å². The predicted octanol–water partition coefficient (Wildman–Crippen LogP) is 1.84. The molecule has 1 heterocycles. The van der Waals surface area contributed by atoms with Gasteiger partial charge in [0, 0.05) is 6.04 Å². The number of amides is 1. The Bertz CT molecular complexity index is 309. The molecule has 0 bridgehead atoms. The highest BCUT2D eigenvalue weighted by atomic mass is 16.3. The molecule has 1 aromatic heterocycles. The fourth-order valence-electron chi connectivity index (χ4n) is 1.31. The van der Waals surface area contributed by atoms with Crippen LogP contribution in [0.4, 0.5) is 0 Å². The fraction of sp³-hybridized carbons (Fsp3) is 0.583. The average Bonchev–Trinajstić information content (AvgIpc) is 2.79. The number of rotatable bonds is 6. The third kappa shape index (κ3) is 4.06. The van der Waals surface area contributed by atoms with Crippen molar-refractivity contribution in [1.29, 1.82) is 0 Å². The van der Waals surface area contributed by atoms with Crippen LogP contribution in [-0.4, -0.2) is 18.5 Å². The lowest BCUT2D eigenvalue weighted by Gasteiger charge is -2.14. The molecule has 16 heavy (non-hydrogen) atoms. The molecule has 2 atom stereocenters. The van der Waals surface area contributed by atoms with Crippen molar-refractivity contribution in [1.82, 2.24) is 10.6 Å². The van der Waals surface area contributed by atoms with Crippen molar-refractivity contribution in [2.75, 3.05) is 6.54 Å². The summed E-state index contributed by atoms with van der Waals surface area (Å²) in [5.41, 5.74) is 0. The average molecular weight is 224 g/mol. The zero-order valence-electron chi connectivity index (χ0n) is 10.1. The third-order valence-electron chi connectivity index (χ3n) is 2.56. The van der Waals surface area contributed by atoms with Crippen LogP contribution in [0.25, 0.3) is 0 Å². The van der Waals surface area contributed by atoms with E-state index in [1.807, 2.05) is 32.9 Å². The van der Waals surface area contributed by atoms with Gasteiger partial charge in [0.15, 0.2) is 0 Å². The maximum absolute atomic E-state index is 11.5. The van der Waals surface area contributed by atoms with Gasteiger partial charge in [-0.3, -0.25) is 10.1 Å². The van der Waals surface area contributed by atoms with Crippen LogP contribution in [0.1, 0.15) is 39.0 Å². The first-order valence-corrected chi connectivity index (χ1v) is 5.69. The molecule has 1 amide bonds. The smallest absolute Gasteiger partial charge is 0.234 e. The number of hydrogen-bond donors (Lipinski definition) is 2. The first-order valence-electron chi connectivity index (χ1n) is 5.69. The molecule has 0 fully saturated rings. The molecule has 1 unspecified atom stereocenters. The molecule has 4 nitrogen and oxygen atoms in total. The maximum Gasteiger partial charge on any atom is 0.234 e. The van der Waals surface area contributed by atoms with Crippen LogP contribution < -0.4 is 10.6 Å². The molecule has 4 heteroatoms. The zero-order valence-corrected chi connectivity index (χ0v) is 10.1. The Kier molecular flexibility index (Phi) is 5.05. The van der Waals surface area contributed by atoms with E-state index in [4.69, 9.17) is 4.42 Å². The molecule has 0 spiro atoms. The van der Waals surface area contributed by atoms with Gasteiger partial charge in [0.25, 0.3) is 0 Å². The SMILES string of the molecule is CCC(C)NC(=O)CN[C@@H](C)c1ccco1. The van der Waals surface area contributed by atoms with E-state index in [0.717, 1.165) is 12.2 Å². The van der Waals surface area contributed by atoms with Crippen molar-refractivity contribution in [2.45, 2.75) is 39.3 Å². The second-order valence-corrected chi connectivity index (χ2v) is 3.99. The first kappa shape index (κ1) is 12.8. The van der Waals surface area contributed by atoms with E-state index in [2.05, 4.69) is 10.6 Å². The van der Waals surface area contributed by atoms with Gasteiger partial charge in [-0.05, 0) is 32.4 Å². The quantitative estimate of drug-likeness (QED) is 0.775. The molecule has 0 saturated carbocycles. The minimum Gasteiger partial charge on any atom is -0.468 e. The number of carbonyl (C=O) groups excluding carboxylic acids is 1. The van der Waals surface area contributed by atoms with E-state index < -0.39 is 0 Å². The zero-order chi connectivity index (χ0) is 12.0. The van der Waals surface area contributed by atoms with Crippen molar-refractivity contribution in [3.05, 3.63) is 24.2 Å². The van der Waals surface area contributed by atoms with Gasteiger partial charge in [0.05, 0.1) is 18.8 Å². The summed E-state index contributed by atoms with van der Waals surface area (Å²) in [5, 5.41) is 6.01. The fourth-order valence-corrected chi connectivity index (χ4v) is 1.31. The number of carbonyl (C=O) groups is 1. The molecule has 0 radical (unpaired) electrons. The van der Waals surface area contributed by atoms with Crippen molar-refractivity contribution in [2.24, 2.45) is 0 Å². The van der Waals surface area contributed by atoms with Crippen molar-refractivity contribution in [3.63, 3.8) is 0 Å². The summed E-state index contributed by atoms with van der Waals surface area (Å²) in [6.45, 7) is 6.32. The van der Waals surface area contributed by atoms with E-state index in [-0.39, 0.29) is 18.0 Å². The first-order chi connectivity index (χ1) is 7.63. The Morgan fingerprint density at radius 2 is 2.25 bits per heavy atom. The molecule has 90 valence electrons. The van der Waals surface area contributed by atoms with Crippen LogP contribution in [0.5, 0.6) is 0 Å². The molecular formula is C12H20N2O2. The number of hydrogen-bond acceptors (Lipinski definition) is 3. The second-order valence-electron chi connectivity index (χ2n) is 3.99. The van der Waals surface area contributed by atoms with Crippen molar-refractivity contribution < 1.29 is 9.21 Å². The Labute approximate surface area is 96.4 Å². The molecule has 0 aromatic carbocycles. The van der Waals surface area contributed by atoms with Gasteiger partial charge in [0.2, 0.25) is 5.91 Å². The van der Waals surface area contributed by atoms with Gasteiger partial charge in [-0.15, -0.1) is 0 Å². The summed E-state index contributed by atoms with van der Waals surface area (Å²) in [5.74, 6) is 0.865. The van der Waals surface area contributed by atoms with Crippen LogP contribution in [0.3, 0.4) is 0 Å². The number of furan rings is 1. The highest BCUT2D eigenvalue weighted by Crippen LogP contribution is 2.11. The van der Waals surface area contributed by atoms with Crippen LogP contribution in [0.15, 0.2) is 22.8 Å². The lowest BCUT2D eigenvalue weighted by Crippen LogP contribution is -2.39. The third-order valence-corrected chi connectivity index (χ3v) is 2.56. The summed E-state index contributed by atoms with van der Waals surface area (Å²) in [6.07, 6.45) is 2.58. The normalized spacial score (nSPS) is 14.4. The van der Waals surface area contributed by atoms with Gasteiger partial charge in [-0.25, -0.2) is 0 Å². The molecule has 0 aliphatic carbocycles. The topological polar surface area (TPSA) is 54.3 Å². The monoisotopic (exact) mass is 224 g/mol. The van der Waals surface area contributed by atoms with Gasteiger partial charge in [-0.2, -0.15) is 0 Å². The Balaban J connectivity index is 2.26. The molecule has 1 rings (SSSR count). The molecule has 0 saturated heterocycles. The summed E-state index contributed by atoms with van der Waals surface area (Å²) in [6, 6.07) is 4.02. The second kappa shape index (κ2) is 6.33. The minimum atomic E-state index is 0.0211. The highest BCUT2D eigenvalue weighted by Gasteiger charge is 2.10. The van der Waals surface area contributed by atoms with Gasteiger partial charge < -0.3 is 9.73 Å². The van der Waals surface area contributed by atoms with Crippen LogP contribution in [0.2, 0.25) is 0 Å². The lowest BCUT2D eigenvalue weighted by atomic mass is 10.2. The van der Waals surface area contributed by atoms with Gasteiger partial charge >= 0.3 is 0 Å². The Morgan fingerprint density at radius 1 is 1.50 bits per heavy atom. The minimum absolute atomic E-state index is 0.0211. The van der Waals surface area contributed by atoms with Crippen molar-refractivity contribution >= 4 is 5.91 Å². The standard InChI is InChI=1S/C12H20N2O2/c1-4-9(2)14-12(15)8-13-10(3)11-6-5-7-16-11/h5-7,9-10,13H,4,8H2,1-3H3,(H,14,15)/t9?,10-/m0/s1. The number of nitrogens with one attached hydrogen (secondary N) is 2. The molecule has 0 aliphatic rings. The van der Waals surface area contributed by atoms with Crippen LogP contribution in [-0.2, 0) is 4.79 Å². The molecule has 0 aliphatic heterocycles. The Hall–Kier alpha value is -1.29. The maximum atomic E-state index is 11.5. The largest absolute Gasteiger partial charge is 0.468 e. The molecular weight excluding hydrogens is 204 g/mol. The molecule has 2 N–H and O–H groups in total. The van der Waals surface area contributed by atoms with Gasteiger partial charge in [0.1, 0.15) is 5.76 Å². The Morgan fingerprint density at radius 3 is 2.81 bits per heavy atom. The van der Waals surface area contributed by atoms with E-state index in [1.165, 1.54) is 0 Å². The summed E-state index contributed by atoms with van der Waals surface area (Å²) >= 11 is 0. The van der Waals surface area contributed by atoms with E-state index >= 15 is 0 Å². The predicted molar refractivity (Wildman–Crippen MR) is 63.0 cm³/mol. The van der Waals surface area contributed by atoms with Crippen molar-refractivity contribution in [3.8, 4) is 0 Å². The van der Waals surface area contributed by atoms with E-state index in [9.17, 15) is 4.79 Å². The van der Waals surface area contributed by atoms with Gasteiger partial charge in [-0.1, -0.05) is 6.92 Å². The summed E-state index contributed by atoms with van der Waals surface area (Å²) in [4.78, 5) is 11.5.